The maximum absolute atomic E-state index is 13.8. The van der Waals surface area contributed by atoms with Gasteiger partial charge in [0.15, 0.2) is 0 Å². The largest absolute Gasteiger partial charge is 0.337 e. The van der Waals surface area contributed by atoms with Crippen LogP contribution in [-0.2, 0) is 35.8 Å². The number of anilines is 1. The number of imidazole rings is 1. The van der Waals surface area contributed by atoms with Gasteiger partial charge in [-0.15, -0.1) is 0 Å². The minimum atomic E-state index is -1.50. The number of carbonyl (C=O) groups excluding carboxylic acids is 1. The number of amides is 1. The third kappa shape index (κ3) is 8.24. The smallest absolute Gasteiger partial charge is 0.228 e. The predicted octanol–water partition coefficient (Wildman–Crippen LogP) is 7.64. The molecular weight excluding hydrogens is 566 g/mol. The van der Waals surface area contributed by atoms with E-state index in [2.05, 4.69) is 15.8 Å². The van der Waals surface area contributed by atoms with E-state index >= 15 is 0 Å². The molecule has 228 valence electrons. The van der Waals surface area contributed by atoms with Gasteiger partial charge in [0.05, 0.1) is 6.54 Å². The van der Waals surface area contributed by atoms with Crippen LogP contribution in [0, 0.1) is 5.82 Å². The van der Waals surface area contributed by atoms with Crippen LogP contribution in [0.5, 0.6) is 0 Å². The zero-order valence-electron chi connectivity index (χ0n) is 25.2. The van der Waals surface area contributed by atoms with Crippen molar-refractivity contribution >= 4 is 22.6 Å². The maximum Gasteiger partial charge on any atom is 0.228 e. The molecule has 0 saturated heterocycles. The number of benzene rings is 2. The summed E-state index contributed by atoms with van der Waals surface area (Å²) in [5.74, 6) is -0.108. The van der Waals surface area contributed by atoms with Crippen molar-refractivity contribution in [2.45, 2.75) is 71.4 Å². The molecule has 3 atom stereocenters. The van der Waals surface area contributed by atoms with Crippen molar-refractivity contribution in [2.24, 2.45) is 7.05 Å². The van der Waals surface area contributed by atoms with Crippen molar-refractivity contribution in [3.05, 3.63) is 118 Å². The molecule has 2 aromatic carbocycles. The molecule has 0 radical (unpaired) electrons. The van der Waals surface area contributed by atoms with Crippen LogP contribution in [0.2, 0.25) is 0 Å². The Morgan fingerprint density at radius 3 is 2.65 bits per heavy atom. The number of allylic oxidation sites excluding steroid dienone is 6. The number of hydrogen-bond donors (Lipinski definition) is 1. The molecule has 2 aliphatic carbocycles. The second-order valence-electron chi connectivity index (χ2n) is 10.6. The number of rotatable bonds is 9. The van der Waals surface area contributed by atoms with E-state index in [0.717, 1.165) is 47.5 Å². The second kappa shape index (κ2) is 15.2. The lowest BCUT2D eigenvalue weighted by Crippen LogP contribution is -2.33. The van der Waals surface area contributed by atoms with Crippen LogP contribution >= 0.6 is 0 Å². The molecule has 0 bridgehead atoms. The van der Waals surface area contributed by atoms with Crippen LogP contribution in [0.1, 0.15) is 80.9 Å². The first-order valence-electron chi connectivity index (χ1n) is 14.8. The van der Waals surface area contributed by atoms with E-state index in [0.29, 0.717) is 17.9 Å². The molecule has 9 heteroatoms. The predicted molar refractivity (Wildman–Crippen MR) is 170 cm³/mol. The second-order valence-corrected chi connectivity index (χ2v) is 11.9. The van der Waals surface area contributed by atoms with Gasteiger partial charge < -0.3 is 9.47 Å². The van der Waals surface area contributed by atoms with E-state index in [9.17, 15) is 17.8 Å². The lowest BCUT2D eigenvalue weighted by molar-refractivity contribution is -0.119. The molecule has 0 aliphatic heterocycles. The van der Waals surface area contributed by atoms with Gasteiger partial charge in [-0.05, 0) is 84.4 Å². The van der Waals surface area contributed by atoms with E-state index in [1.807, 2.05) is 50.7 Å². The topological polar surface area (TPSA) is 67.2 Å². The Morgan fingerprint density at radius 1 is 1.16 bits per heavy atom. The molecule has 1 aromatic heterocycles. The van der Waals surface area contributed by atoms with Gasteiger partial charge in [0.2, 0.25) is 5.91 Å². The molecule has 5 rings (SSSR count). The van der Waals surface area contributed by atoms with Crippen LogP contribution in [-0.4, -0.2) is 19.7 Å². The van der Waals surface area contributed by atoms with E-state index in [4.69, 9.17) is 0 Å². The highest BCUT2D eigenvalue weighted by Crippen LogP contribution is 2.35. The first-order chi connectivity index (χ1) is 20.8. The Labute approximate surface area is 255 Å². The summed E-state index contributed by atoms with van der Waals surface area (Å²) < 4.78 is 45.5. The lowest BCUT2D eigenvalue weighted by Gasteiger charge is -2.30. The van der Waals surface area contributed by atoms with Crippen molar-refractivity contribution in [3.63, 3.8) is 0 Å². The Kier molecular flexibility index (Phi) is 11.4. The fourth-order valence-corrected chi connectivity index (χ4v) is 6.39. The minimum absolute atomic E-state index is 0.0714. The minimum Gasteiger partial charge on any atom is -0.337 e. The van der Waals surface area contributed by atoms with Crippen LogP contribution < -0.4 is 9.62 Å². The zero-order valence-corrected chi connectivity index (χ0v) is 26.0. The van der Waals surface area contributed by atoms with Gasteiger partial charge in [-0.2, -0.15) is 0 Å². The highest BCUT2D eigenvalue weighted by atomic mass is 32.2. The molecule has 2 aliphatic rings. The van der Waals surface area contributed by atoms with Crippen molar-refractivity contribution in [2.75, 3.05) is 4.90 Å². The molecule has 6 nitrogen and oxygen atoms in total. The van der Waals surface area contributed by atoms with Crippen molar-refractivity contribution < 1.29 is 17.8 Å². The summed E-state index contributed by atoms with van der Waals surface area (Å²) in [6, 6.07) is 12.1. The highest BCUT2D eigenvalue weighted by molar-refractivity contribution is 7.87. The van der Waals surface area contributed by atoms with Gasteiger partial charge in [-0.3, -0.25) is 4.79 Å². The fraction of sp³-hybridized carbons (Fsp3) is 0.353. The first kappa shape index (κ1) is 32.2. The van der Waals surface area contributed by atoms with Gasteiger partial charge in [-0.25, -0.2) is 22.7 Å². The molecule has 0 saturated carbocycles. The molecular formula is C34H40F2N4O2S. The summed E-state index contributed by atoms with van der Waals surface area (Å²) in [4.78, 5) is 20.6. The van der Waals surface area contributed by atoms with Gasteiger partial charge in [0.25, 0.3) is 0 Å². The third-order valence-corrected chi connectivity index (χ3v) is 8.99. The molecule has 3 unspecified atom stereocenters. The van der Waals surface area contributed by atoms with E-state index < -0.39 is 11.0 Å². The standard InChI is InChI=1S/C32H34F2N4O2S.C2H6/c1-22(23-9-12-26(34)13-10-23)19-32(39)38(21-31-35-17-18-37(31)2)27-15-11-24-5-3-8-30(29(24)20-27)36-41(40)28-7-4-6-25(33)14-16-28;1-2/h4,6,9-18,20,22,30,36H,3,5,7-8,19,21H2,1-2H3;1-2H3. The van der Waals surface area contributed by atoms with Crippen LogP contribution in [0.3, 0.4) is 0 Å². The fourth-order valence-electron chi connectivity index (χ4n) is 5.30. The summed E-state index contributed by atoms with van der Waals surface area (Å²) in [5, 5.41) is 0. The maximum atomic E-state index is 13.8. The highest BCUT2D eigenvalue weighted by Gasteiger charge is 2.27. The zero-order chi connectivity index (χ0) is 30.9. The number of halogens is 2. The Hall–Kier alpha value is -3.69. The summed E-state index contributed by atoms with van der Waals surface area (Å²) in [5.41, 5.74) is 3.80. The number of nitrogens with one attached hydrogen (secondary N) is 1. The van der Waals surface area contributed by atoms with Gasteiger partial charge in [0, 0.05) is 48.9 Å². The first-order valence-corrected chi connectivity index (χ1v) is 16.0. The average Bonchev–Trinajstić information content (AvgIpc) is 3.29. The van der Waals surface area contributed by atoms with Crippen LogP contribution in [0.4, 0.5) is 14.5 Å². The summed E-state index contributed by atoms with van der Waals surface area (Å²) in [6.45, 7) is 6.25. The van der Waals surface area contributed by atoms with E-state index in [1.165, 1.54) is 24.3 Å². The Balaban J connectivity index is 0.00000207. The molecule has 1 heterocycles. The monoisotopic (exact) mass is 606 g/mol. The van der Waals surface area contributed by atoms with E-state index in [-0.39, 0.29) is 35.9 Å². The Morgan fingerprint density at radius 2 is 1.93 bits per heavy atom. The van der Waals surface area contributed by atoms with Crippen molar-refractivity contribution in [1.82, 2.24) is 14.3 Å². The van der Waals surface area contributed by atoms with Crippen molar-refractivity contribution in [1.29, 1.82) is 0 Å². The average molecular weight is 607 g/mol. The molecule has 43 heavy (non-hydrogen) atoms. The number of hydrogen-bond acceptors (Lipinski definition) is 3. The van der Waals surface area contributed by atoms with Gasteiger partial charge in [-0.1, -0.05) is 45.0 Å². The number of nitrogens with zero attached hydrogens (tertiary/aromatic N) is 3. The third-order valence-electron chi connectivity index (χ3n) is 7.71. The van der Waals surface area contributed by atoms with E-state index in [1.54, 1.807) is 35.4 Å². The molecule has 0 spiro atoms. The van der Waals surface area contributed by atoms with Crippen molar-refractivity contribution in [3.8, 4) is 0 Å². The van der Waals surface area contributed by atoms with Crippen LogP contribution in [0.25, 0.3) is 0 Å². The Bertz CT molecular complexity index is 1530. The normalized spacial score (nSPS) is 17.4. The number of aryl methyl sites for hydroxylation is 2. The molecule has 1 amide bonds. The SMILES string of the molecule is CC.CC(CC(=O)N(Cc1nccn1C)c1ccc2c(c1)C(NS(=O)C1=CC=C(F)C=CC1)CCC2)c1ccc(F)cc1. The quantitative estimate of drug-likeness (QED) is 0.272. The molecule has 0 fully saturated rings. The number of aromatic nitrogens is 2. The summed E-state index contributed by atoms with van der Waals surface area (Å²) in [7, 11) is 0.400. The van der Waals surface area contributed by atoms with Gasteiger partial charge >= 0.3 is 0 Å². The molecule has 1 N–H and O–H groups in total. The van der Waals surface area contributed by atoms with Gasteiger partial charge in [0.1, 0.15) is 28.5 Å². The number of carbonyl (C=O) groups is 1. The summed E-state index contributed by atoms with van der Waals surface area (Å²) >= 11 is 0. The van der Waals surface area contributed by atoms with Crippen LogP contribution in [0.15, 0.2) is 89.9 Å². The molecule has 3 aromatic rings. The lowest BCUT2D eigenvalue weighted by atomic mass is 9.87. The number of fused-ring (bicyclic) bond motifs is 1. The summed E-state index contributed by atoms with van der Waals surface area (Å²) in [6.07, 6.45) is 12.8.